The lowest BCUT2D eigenvalue weighted by Crippen LogP contribution is -2.19. The van der Waals surface area contributed by atoms with Crippen molar-refractivity contribution in [2.24, 2.45) is 0 Å². The smallest absolute Gasteiger partial charge is 0.100 e. The SMILES string of the molecule is C=CCCCOCC(O)CO. The lowest BCUT2D eigenvalue weighted by molar-refractivity contribution is 0.00586. The summed E-state index contributed by atoms with van der Waals surface area (Å²) in [7, 11) is 0. The Labute approximate surface area is 67.3 Å². The van der Waals surface area contributed by atoms with Gasteiger partial charge in [0.15, 0.2) is 0 Å². The van der Waals surface area contributed by atoms with Crippen molar-refractivity contribution < 1.29 is 14.9 Å². The Morgan fingerprint density at radius 1 is 1.55 bits per heavy atom. The number of unbranched alkanes of at least 4 members (excludes halogenated alkanes) is 1. The minimum atomic E-state index is -0.737. The molecule has 0 fully saturated rings. The highest BCUT2D eigenvalue weighted by Gasteiger charge is 1.99. The third-order valence-electron chi connectivity index (χ3n) is 1.22. The monoisotopic (exact) mass is 160 g/mol. The topological polar surface area (TPSA) is 49.7 Å². The van der Waals surface area contributed by atoms with Gasteiger partial charge in [0.05, 0.1) is 13.2 Å². The molecule has 0 aliphatic heterocycles. The number of hydrogen-bond donors (Lipinski definition) is 2. The quantitative estimate of drug-likeness (QED) is 0.416. The molecule has 0 aliphatic carbocycles. The maximum atomic E-state index is 8.82. The highest BCUT2D eigenvalue weighted by molar-refractivity contribution is 4.65. The Bertz CT molecular complexity index is 93.3. The Balaban J connectivity index is 2.95. The molecular weight excluding hydrogens is 144 g/mol. The van der Waals surface area contributed by atoms with Crippen LogP contribution in [0.25, 0.3) is 0 Å². The van der Waals surface area contributed by atoms with Crippen LogP contribution in [0.2, 0.25) is 0 Å². The molecule has 0 aliphatic rings. The van der Waals surface area contributed by atoms with E-state index >= 15 is 0 Å². The lowest BCUT2D eigenvalue weighted by Gasteiger charge is -2.06. The summed E-state index contributed by atoms with van der Waals surface area (Å²) in [5.74, 6) is 0. The molecule has 0 heterocycles. The molecule has 0 amide bonds. The lowest BCUT2D eigenvalue weighted by atomic mass is 10.3. The number of allylic oxidation sites excluding steroid dienone is 1. The first-order valence-electron chi connectivity index (χ1n) is 3.78. The first-order chi connectivity index (χ1) is 5.31. The van der Waals surface area contributed by atoms with E-state index in [0.717, 1.165) is 12.8 Å². The zero-order valence-electron chi connectivity index (χ0n) is 6.70. The van der Waals surface area contributed by atoms with Crippen LogP contribution in [0.4, 0.5) is 0 Å². The molecule has 2 N–H and O–H groups in total. The number of aliphatic hydroxyl groups is 2. The highest BCUT2D eigenvalue weighted by atomic mass is 16.5. The first kappa shape index (κ1) is 10.6. The molecular formula is C8H16O3. The van der Waals surface area contributed by atoms with E-state index in [2.05, 4.69) is 6.58 Å². The third-order valence-corrected chi connectivity index (χ3v) is 1.22. The van der Waals surface area contributed by atoms with E-state index < -0.39 is 6.10 Å². The predicted octanol–water partition coefficient (Wildman–Crippen LogP) is 0.322. The second-order valence-electron chi connectivity index (χ2n) is 2.34. The van der Waals surface area contributed by atoms with Gasteiger partial charge in [-0.2, -0.15) is 0 Å². The summed E-state index contributed by atoms with van der Waals surface area (Å²) in [6, 6.07) is 0. The van der Waals surface area contributed by atoms with Gasteiger partial charge in [0.2, 0.25) is 0 Å². The van der Waals surface area contributed by atoms with E-state index in [4.69, 9.17) is 14.9 Å². The van der Waals surface area contributed by atoms with Gasteiger partial charge in [-0.05, 0) is 12.8 Å². The van der Waals surface area contributed by atoms with Crippen LogP contribution >= 0.6 is 0 Å². The molecule has 3 heteroatoms. The number of aliphatic hydroxyl groups excluding tert-OH is 2. The van der Waals surface area contributed by atoms with Crippen LogP contribution in [0.1, 0.15) is 12.8 Å². The molecule has 11 heavy (non-hydrogen) atoms. The fourth-order valence-electron chi connectivity index (χ4n) is 0.602. The Morgan fingerprint density at radius 2 is 2.27 bits per heavy atom. The Morgan fingerprint density at radius 3 is 2.82 bits per heavy atom. The van der Waals surface area contributed by atoms with Gasteiger partial charge >= 0.3 is 0 Å². The van der Waals surface area contributed by atoms with Crippen molar-refractivity contribution in [1.29, 1.82) is 0 Å². The van der Waals surface area contributed by atoms with E-state index in [1.54, 1.807) is 0 Å². The molecule has 0 spiro atoms. The largest absolute Gasteiger partial charge is 0.394 e. The summed E-state index contributed by atoms with van der Waals surface area (Å²) in [4.78, 5) is 0. The number of rotatable bonds is 7. The van der Waals surface area contributed by atoms with Gasteiger partial charge in [-0.25, -0.2) is 0 Å². The fraction of sp³-hybridized carbons (Fsp3) is 0.750. The normalized spacial score (nSPS) is 12.9. The molecule has 0 saturated carbocycles. The maximum absolute atomic E-state index is 8.82. The highest BCUT2D eigenvalue weighted by Crippen LogP contribution is 1.91. The van der Waals surface area contributed by atoms with Gasteiger partial charge in [-0.1, -0.05) is 6.08 Å². The van der Waals surface area contributed by atoms with Gasteiger partial charge in [-0.3, -0.25) is 0 Å². The molecule has 1 unspecified atom stereocenters. The minimum absolute atomic E-state index is 0.216. The molecule has 0 rings (SSSR count). The van der Waals surface area contributed by atoms with Crippen LogP contribution in [-0.2, 0) is 4.74 Å². The summed E-state index contributed by atoms with van der Waals surface area (Å²) in [6.45, 7) is 4.16. The number of ether oxygens (including phenoxy) is 1. The predicted molar refractivity (Wildman–Crippen MR) is 43.3 cm³/mol. The van der Waals surface area contributed by atoms with E-state index in [-0.39, 0.29) is 13.2 Å². The van der Waals surface area contributed by atoms with Crippen molar-refractivity contribution in [3.05, 3.63) is 12.7 Å². The summed E-state index contributed by atoms with van der Waals surface area (Å²) in [5.41, 5.74) is 0. The second-order valence-corrected chi connectivity index (χ2v) is 2.34. The summed E-state index contributed by atoms with van der Waals surface area (Å²) in [5, 5.41) is 17.2. The molecule has 0 aromatic rings. The second kappa shape index (κ2) is 7.72. The van der Waals surface area contributed by atoms with Crippen molar-refractivity contribution in [3.8, 4) is 0 Å². The van der Waals surface area contributed by atoms with Gasteiger partial charge in [0, 0.05) is 6.61 Å². The summed E-state index contributed by atoms with van der Waals surface area (Å²) < 4.78 is 5.03. The standard InChI is InChI=1S/C8H16O3/c1-2-3-4-5-11-7-8(10)6-9/h2,8-10H,1,3-7H2. The zero-order chi connectivity index (χ0) is 8.53. The van der Waals surface area contributed by atoms with Crippen molar-refractivity contribution >= 4 is 0 Å². The van der Waals surface area contributed by atoms with Crippen LogP contribution in [0.15, 0.2) is 12.7 Å². The third kappa shape index (κ3) is 7.52. The first-order valence-corrected chi connectivity index (χ1v) is 3.78. The zero-order valence-corrected chi connectivity index (χ0v) is 6.70. The van der Waals surface area contributed by atoms with Gasteiger partial charge < -0.3 is 14.9 Å². The van der Waals surface area contributed by atoms with Crippen molar-refractivity contribution in [2.75, 3.05) is 19.8 Å². The molecule has 0 aromatic heterocycles. The molecule has 66 valence electrons. The van der Waals surface area contributed by atoms with Crippen LogP contribution in [0.5, 0.6) is 0 Å². The Hall–Kier alpha value is -0.380. The number of hydrogen-bond acceptors (Lipinski definition) is 3. The molecule has 0 radical (unpaired) electrons. The van der Waals surface area contributed by atoms with Gasteiger partial charge in [0.1, 0.15) is 6.10 Å². The summed E-state index contributed by atoms with van der Waals surface area (Å²) >= 11 is 0. The van der Waals surface area contributed by atoms with E-state index in [0.29, 0.717) is 6.61 Å². The van der Waals surface area contributed by atoms with Gasteiger partial charge in [0.25, 0.3) is 0 Å². The van der Waals surface area contributed by atoms with Crippen LogP contribution in [0.3, 0.4) is 0 Å². The maximum Gasteiger partial charge on any atom is 0.100 e. The minimum Gasteiger partial charge on any atom is -0.394 e. The molecule has 0 saturated heterocycles. The van der Waals surface area contributed by atoms with Gasteiger partial charge in [-0.15, -0.1) is 6.58 Å². The van der Waals surface area contributed by atoms with E-state index in [9.17, 15) is 0 Å². The van der Waals surface area contributed by atoms with Crippen LogP contribution < -0.4 is 0 Å². The van der Waals surface area contributed by atoms with E-state index in [1.165, 1.54) is 0 Å². The van der Waals surface area contributed by atoms with Crippen molar-refractivity contribution in [3.63, 3.8) is 0 Å². The average molecular weight is 160 g/mol. The van der Waals surface area contributed by atoms with Crippen LogP contribution in [0, 0.1) is 0 Å². The van der Waals surface area contributed by atoms with Crippen molar-refractivity contribution in [1.82, 2.24) is 0 Å². The molecule has 3 nitrogen and oxygen atoms in total. The molecule has 0 bridgehead atoms. The molecule has 0 aromatic carbocycles. The van der Waals surface area contributed by atoms with E-state index in [1.807, 2.05) is 6.08 Å². The Kier molecular flexibility index (Phi) is 7.46. The fourth-order valence-corrected chi connectivity index (χ4v) is 0.602. The van der Waals surface area contributed by atoms with Crippen molar-refractivity contribution in [2.45, 2.75) is 18.9 Å². The van der Waals surface area contributed by atoms with Crippen LogP contribution in [-0.4, -0.2) is 36.1 Å². The summed E-state index contributed by atoms with van der Waals surface area (Å²) in [6.07, 6.45) is 2.93. The molecule has 1 atom stereocenters. The average Bonchev–Trinajstić information content (AvgIpc) is 2.04.